The van der Waals surface area contributed by atoms with Crippen LogP contribution in [0.15, 0.2) is 30.5 Å². The molecule has 29 heavy (non-hydrogen) atoms. The Morgan fingerprint density at radius 2 is 2.00 bits per heavy atom. The van der Waals surface area contributed by atoms with E-state index < -0.39 is 11.7 Å². The predicted molar refractivity (Wildman–Crippen MR) is 102 cm³/mol. The molecule has 3 heterocycles. The highest BCUT2D eigenvalue weighted by molar-refractivity contribution is 5.93. The Morgan fingerprint density at radius 1 is 1.21 bits per heavy atom. The number of carbonyl (C=O) groups is 1. The van der Waals surface area contributed by atoms with Crippen LogP contribution in [0.5, 0.6) is 0 Å². The van der Waals surface area contributed by atoms with Gasteiger partial charge < -0.3 is 10.2 Å². The Balaban J connectivity index is 1.69. The van der Waals surface area contributed by atoms with Crippen LogP contribution in [0.3, 0.4) is 0 Å². The summed E-state index contributed by atoms with van der Waals surface area (Å²) in [6.45, 7) is 2.01. The molecule has 9 heteroatoms. The van der Waals surface area contributed by atoms with Crippen molar-refractivity contribution in [3.63, 3.8) is 0 Å². The second kappa shape index (κ2) is 7.70. The van der Waals surface area contributed by atoms with Crippen LogP contribution in [0, 0.1) is 0 Å². The molecule has 0 bridgehead atoms. The third-order valence-electron chi connectivity index (χ3n) is 5.59. The third kappa shape index (κ3) is 3.96. The number of nitrogens with one attached hydrogen (secondary N) is 1. The molecular weight excluding hydrogens is 383 g/mol. The predicted octanol–water partition coefficient (Wildman–Crippen LogP) is 3.52. The molecule has 1 atom stereocenters. The van der Waals surface area contributed by atoms with Gasteiger partial charge in [-0.05, 0) is 44.0 Å². The molecule has 4 rings (SSSR count). The van der Waals surface area contributed by atoms with Crippen molar-refractivity contribution in [3.05, 3.63) is 47.2 Å². The van der Waals surface area contributed by atoms with E-state index in [9.17, 15) is 18.0 Å². The maximum absolute atomic E-state index is 13.5. The fourth-order valence-electron chi connectivity index (χ4n) is 4.21. The van der Waals surface area contributed by atoms with Crippen LogP contribution in [0.4, 0.5) is 23.8 Å². The number of benzene rings is 1. The fourth-order valence-corrected chi connectivity index (χ4v) is 4.21. The minimum Gasteiger partial charge on any atom is -0.317 e. The van der Waals surface area contributed by atoms with E-state index in [2.05, 4.69) is 10.4 Å². The lowest BCUT2D eigenvalue weighted by atomic mass is 10.0. The molecule has 1 aromatic carbocycles. The van der Waals surface area contributed by atoms with Gasteiger partial charge in [0, 0.05) is 24.8 Å². The molecule has 156 valence electrons. The van der Waals surface area contributed by atoms with Crippen LogP contribution >= 0.6 is 0 Å². The number of rotatable bonds is 3. The molecule has 0 saturated carbocycles. The summed E-state index contributed by atoms with van der Waals surface area (Å²) in [6.07, 6.45) is 0.0300. The second-order valence-electron chi connectivity index (χ2n) is 7.64. The lowest BCUT2D eigenvalue weighted by Crippen LogP contribution is -2.51. The minimum atomic E-state index is -4.48. The van der Waals surface area contributed by atoms with E-state index in [1.54, 1.807) is 22.7 Å². The van der Waals surface area contributed by atoms with Gasteiger partial charge in [-0.25, -0.2) is 4.79 Å². The van der Waals surface area contributed by atoms with Gasteiger partial charge in [-0.2, -0.15) is 18.3 Å². The number of fused-ring (bicyclic) bond motifs is 1. The summed E-state index contributed by atoms with van der Waals surface area (Å²) >= 11 is 0. The molecule has 0 spiro atoms. The van der Waals surface area contributed by atoms with Gasteiger partial charge in [-0.1, -0.05) is 18.2 Å². The fraction of sp³-hybridized carbons (Fsp3) is 0.500. The molecule has 2 aromatic rings. The van der Waals surface area contributed by atoms with Crippen molar-refractivity contribution < 1.29 is 18.0 Å². The van der Waals surface area contributed by atoms with Gasteiger partial charge in [-0.3, -0.25) is 9.58 Å². The summed E-state index contributed by atoms with van der Waals surface area (Å²) in [5, 5.41) is 7.71. The number of alkyl halides is 3. The highest BCUT2D eigenvalue weighted by Crippen LogP contribution is 2.35. The smallest absolute Gasteiger partial charge is 0.317 e. The molecule has 1 unspecified atom stereocenters. The molecule has 2 amide bonds. The van der Waals surface area contributed by atoms with E-state index in [0.29, 0.717) is 12.4 Å². The minimum absolute atomic E-state index is 0.0613. The molecule has 0 radical (unpaired) electrons. The SMILES string of the molecule is Cn1cc2c(n1)N(Cc1ccccc1C(F)(F)F)C(=O)N(C1CCCNCC1)C2. The lowest BCUT2D eigenvalue weighted by Gasteiger charge is -2.39. The van der Waals surface area contributed by atoms with Crippen molar-refractivity contribution in [3.8, 4) is 0 Å². The first-order valence-corrected chi connectivity index (χ1v) is 9.81. The summed E-state index contributed by atoms with van der Waals surface area (Å²) in [5.41, 5.74) is 0.198. The van der Waals surface area contributed by atoms with Crippen molar-refractivity contribution in [2.45, 2.75) is 44.6 Å². The largest absolute Gasteiger partial charge is 0.416 e. The maximum atomic E-state index is 13.5. The van der Waals surface area contributed by atoms with E-state index in [1.165, 1.54) is 17.0 Å². The summed E-state index contributed by atoms with van der Waals surface area (Å²) < 4.78 is 42.0. The second-order valence-corrected chi connectivity index (χ2v) is 7.64. The van der Waals surface area contributed by atoms with Crippen LogP contribution in [0.1, 0.15) is 36.0 Å². The Bertz CT molecular complexity index is 886. The standard InChI is InChI=1S/C20H24F3N5O/c1-26-11-15-13-27(16-6-4-9-24-10-8-16)19(29)28(18(15)25-26)12-14-5-2-3-7-17(14)20(21,22)23/h2-3,5,7,11,16,24H,4,6,8-10,12-13H2,1H3. The number of carbonyl (C=O) groups excluding carboxylic acids is 1. The summed E-state index contributed by atoms with van der Waals surface area (Å²) in [6, 6.07) is 5.19. The number of urea groups is 1. The molecule has 1 aromatic heterocycles. The van der Waals surface area contributed by atoms with Crippen LogP contribution < -0.4 is 10.2 Å². The lowest BCUT2D eigenvalue weighted by molar-refractivity contribution is -0.138. The Hall–Kier alpha value is -2.55. The first kappa shape index (κ1) is 19.8. The Labute approximate surface area is 167 Å². The average molecular weight is 407 g/mol. The number of nitrogens with zero attached hydrogens (tertiary/aromatic N) is 4. The van der Waals surface area contributed by atoms with E-state index in [-0.39, 0.29) is 24.2 Å². The zero-order valence-corrected chi connectivity index (χ0v) is 16.2. The van der Waals surface area contributed by atoms with Gasteiger partial charge in [0.1, 0.15) is 0 Å². The van der Waals surface area contributed by atoms with Gasteiger partial charge >= 0.3 is 12.2 Å². The topological polar surface area (TPSA) is 53.4 Å². The molecule has 6 nitrogen and oxygen atoms in total. The molecule has 2 aliphatic rings. The van der Waals surface area contributed by atoms with Gasteiger partial charge in [-0.15, -0.1) is 0 Å². The maximum Gasteiger partial charge on any atom is 0.416 e. The van der Waals surface area contributed by atoms with Crippen molar-refractivity contribution in [2.24, 2.45) is 7.05 Å². The number of aryl methyl sites for hydroxylation is 1. The van der Waals surface area contributed by atoms with Gasteiger partial charge in [0.25, 0.3) is 0 Å². The van der Waals surface area contributed by atoms with Gasteiger partial charge in [0.15, 0.2) is 5.82 Å². The number of halogens is 3. The highest BCUT2D eigenvalue weighted by Gasteiger charge is 2.39. The van der Waals surface area contributed by atoms with Crippen LogP contribution in [-0.4, -0.2) is 39.8 Å². The number of aromatic nitrogens is 2. The van der Waals surface area contributed by atoms with Crippen LogP contribution in [-0.2, 0) is 26.3 Å². The molecule has 2 aliphatic heterocycles. The van der Waals surface area contributed by atoms with Crippen molar-refractivity contribution >= 4 is 11.8 Å². The zero-order chi connectivity index (χ0) is 20.6. The third-order valence-corrected chi connectivity index (χ3v) is 5.59. The van der Waals surface area contributed by atoms with Crippen molar-refractivity contribution in [1.29, 1.82) is 0 Å². The normalized spacial score (nSPS) is 20.6. The van der Waals surface area contributed by atoms with E-state index in [1.807, 2.05) is 6.20 Å². The van der Waals surface area contributed by atoms with Gasteiger partial charge in [0.2, 0.25) is 0 Å². The Morgan fingerprint density at radius 3 is 2.79 bits per heavy atom. The summed E-state index contributed by atoms with van der Waals surface area (Å²) in [7, 11) is 1.75. The van der Waals surface area contributed by atoms with Gasteiger partial charge in [0.05, 0.1) is 18.7 Å². The van der Waals surface area contributed by atoms with E-state index >= 15 is 0 Å². The van der Waals surface area contributed by atoms with E-state index in [4.69, 9.17) is 0 Å². The number of anilines is 1. The first-order chi connectivity index (χ1) is 13.8. The molecular formula is C20H24F3N5O. The molecule has 0 aliphatic carbocycles. The molecule has 1 saturated heterocycles. The quantitative estimate of drug-likeness (QED) is 0.847. The Kier molecular flexibility index (Phi) is 5.24. The van der Waals surface area contributed by atoms with Crippen LogP contribution in [0.2, 0.25) is 0 Å². The number of hydrogen-bond donors (Lipinski definition) is 1. The van der Waals surface area contributed by atoms with E-state index in [0.717, 1.165) is 44.0 Å². The number of amides is 2. The van der Waals surface area contributed by atoms with Crippen molar-refractivity contribution in [1.82, 2.24) is 20.0 Å². The summed E-state index contributed by atoms with van der Waals surface area (Å²) in [4.78, 5) is 16.6. The molecule has 1 fully saturated rings. The summed E-state index contributed by atoms with van der Waals surface area (Å²) in [5.74, 6) is 0.442. The average Bonchev–Trinajstić information content (AvgIpc) is 2.87. The monoisotopic (exact) mass is 407 g/mol. The molecule has 1 N–H and O–H groups in total. The number of hydrogen-bond acceptors (Lipinski definition) is 3. The van der Waals surface area contributed by atoms with Crippen LogP contribution in [0.25, 0.3) is 0 Å². The zero-order valence-electron chi connectivity index (χ0n) is 16.2. The first-order valence-electron chi connectivity index (χ1n) is 9.81. The van der Waals surface area contributed by atoms with Crippen molar-refractivity contribution in [2.75, 3.05) is 18.0 Å². The highest BCUT2D eigenvalue weighted by atomic mass is 19.4.